The number of fused-ring (bicyclic) bond motifs is 10. The monoisotopic (exact) mass is 840 g/mol. The van der Waals surface area contributed by atoms with Crippen LogP contribution in [-0.2, 0) is 0 Å². The number of benzene rings is 10. The third kappa shape index (κ3) is 5.33. The van der Waals surface area contributed by atoms with Gasteiger partial charge in [-0.05, 0) is 74.3 Å². The summed E-state index contributed by atoms with van der Waals surface area (Å²) in [6.45, 7) is 0. The van der Waals surface area contributed by atoms with E-state index < -0.39 is 44.3 Å². The van der Waals surface area contributed by atoms with Crippen molar-refractivity contribution in [3.8, 4) is 22.5 Å². The molecule has 0 aliphatic carbocycles. The highest BCUT2D eigenvalue weighted by molar-refractivity contribution is 7.20. The van der Waals surface area contributed by atoms with Gasteiger partial charge < -0.3 is 13.6 Å². The van der Waals surface area contributed by atoms with Gasteiger partial charge in [0.2, 0.25) is 0 Å². The largest absolute Gasteiger partial charge is 0.454 e. The van der Waals surface area contributed by atoms with Crippen LogP contribution in [0.4, 0.5) is 0 Å². The Kier molecular flexibility index (Phi) is 6.59. The van der Waals surface area contributed by atoms with Gasteiger partial charge in [0, 0.05) is 32.6 Å². The maximum absolute atomic E-state index is 9.38. The van der Waals surface area contributed by atoms with Gasteiger partial charge in [-0.3, -0.25) is 0 Å². The highest BCUT2D eigenvalue weighted by Gasteiger charge is 2.42. The molecule has 4 heteroatoms. The second kappa shape index (κ2) is 14.5. The molecule has 0 aliphatic rings. The number of nitrogens with zero attached hydrogens (tertiary/aromatic N) is 2. The maximum atomic E-state index is 9.38. The molecule has 0 amide bonds. The van der Waals surface area contributed by atoms with Crippen LogP contribution in [-0.4, -0.2) is 17.2 Å². The highest BCUT2D eigenvalue weighted by Crippen LogP contribution is 2.45. The van der Waals surface area contributed by atoms with Gasteiger partial charge in [0.25, 0.3) is 0 Å². The Morgan fingerprint density at radius 1 is 0.391 bits per heavy atom. The van der Waals surface area contributed by atoms with Crippen LogP contribution >= 0.6 is 0 Å². The fourth-order valence-corrected chi connectivity index (χ4v) is 15.0. The molecule has 3 heterocycles. The molecule has 0 saturated carbocycles. The zero-order valence-electron chi connectivity index (χ0n) is 42.3. The van der Waals surface area contributed by atoms with Crippen molar-refractivity contribution >= 4 is 94.4 Å². The van der Waals surface area contributed by atoms with E-state index in [2.05, 4.69) is 150 Å². The minimum absolute atomic E-state index is 0.00499. The Hall–Kier alpha value is -8.18. The van der Waals surface area contributed by atoms with Crippen LogP contribution in [0.5, 0.6) is 0 Å². The van der Waals surface area contributed by atoms with Crippen LogP contribution in [0.3, 0.4) is 0 Å². The quantitative estimate of drug-likeness (QED) is 0.116. The predicted molar refractivity (Wildman–Crippen MR) is 271 cm³/mol. The van der Waals surface area contributed by atoms with Crippen LogP contribution in [0.15, 0.2) is 247 Å². The summed E-state index contributed by atoms with van der Waals surface area (Å²) in [6, 6.07) is 64.5. The molecule has 0 N–H and O–H groups in total. The van der Waals surface area contributed by atoms with Crippen molar-refractivity contribution in [1.82, 2.24) is 9.13 Å². The Labute approximate surface area is 382 Å². The number of para-hydroxylation sites is 4. The van der Waals surface area contributed by atoms with Gasteiger partial charge in [-0.1, -0.05) is 200 Å². The lowest BCUT2D eigenvalue weighted by molar-refractivity contribution is 0.666. The summed E-state index contributed by atoms with van der Waals surface area (Å²) >= 11 is 0. The first-order chi connectivity index (χ1) is 35.1. The second-order valence-corrected chi connectivity index (χ2v) is 20.0. The van der Waals surface area contributed by atoms with E-state index in [4.69, 9.17) is 12.6 Å². The lowest BCUT2D eigenvalue weighted by atomic mass is 10.1. The summed E-state index contributed by atoms with van der Waals surface area (Å²) in [4.78, 5) is 0. The summed E-state index contributed by atoms with van der Waals surface area (Å²) in [5, 5.41) is 8.14. The highest BCUT2D eigenvalue weighted by atomic mass is 28.3. The first-order valence-corrected chi connectivity index (χ1v) is 23.4. The molecule has 0 saturated heterocycles. The van der Waals surface area contributed by atoms with Gasteiger partial charge in [0.1, 0.15) is 5.58 Å². The fourth-order valence-electron chi connectivity index (χ4n) is 10.2. The number of rotatable bonds is 7. The van der Waals surface area contributed by atoms with Crippen molar-refractivity contribution in [3.63, 3.8) is 0 Å². The molecule has 0 bridgehead atoms. The van der Waals surface area contributed by atoms with Crippen LogP contribution in [0.1, 0.15) is 11.0 Å². The molecule has 0 fully saturated rings. The Balaban J connectivity index is 1.17. The van der Waals surface area contributed by atoms with Crippen molar-refractivity contribution in [2.24, 2.45) is 0 Å². The first-order valence-electron chi connectivity index (χ1n) is 25.4. The lowest BCUT2D eigenvalue weighted by Gasteiger charge is -2.35. The van der Waals surface area contributed by atoms with Crippen molar-refractivity contribution < 1.29 is 15.4 Å². The molecule has 0 spiro atoms. The molecule has 300 valence electrons. The van der Waals surface area contributed by atoms with Crippen LogP contribution in [0, 0.1) is 0 Å². The summed E-state index contributed by atoms with van der Waals surface area (Å²) < 4.78 is 83.0. The van der Waals surface area contributed by atoms with E-state index in [0.29, 0.717) is 16.9 Å². The Morgan fingerprint density at radius 2 is 0.938 bits per heavy atom. The van der Waals surface area contributed by atoms with E-state index in [1.54, 1.807) is 4.57 Å². The molecule has 0 aliphatic heterocycles. The summed E-state index contributed by atoms with van der Waals surface area (Å²) in [7, 11) is -3.12. The molecule has 13 aromatic rings. The maximum Gasteiger partial charge on any atom is 0.179 e. The number of aromatic nitrogens is 2. The standard InChI is InChI=1S/C60H40N2OSi/c1-4-20-41(21-5-1)42-22-18-28-46(38-42)64(44-24-6-2-7-25-44,45-26-8-3-9-27-45)47-29-19-23-43(39-47)61-53-34-14-12-32-50(53)52-40-56(60-58(59(52)61)51-33-13-17-37-57(51)63-60)62-54-35-15-10-30-48(54)49-31-11-16-36-55(49)62/h1-40H/i10D,11D,15D,16D,30D,31D,35D,36D. The van der Waals surface area contributed by atoms with Crippen LogP contribution in [0.2, 0.25) is 0 Å². The zero-order chi connectivity index (χ0) is 49.2. The van der Waals surface area contributed by atoms with Crippen LogP contribution < -0.4 is 20.7 Å². The average Bonchev–Trinajstić information content (AvgIpc) is 4.10. The van der Waals surface area contributed by atoms with Gasteiger partial charge >= 0.3 is 0 Å². The Bertz CT molecular complexity index is 4260. The molecular weight excluding hydrogens is 793 g/mol. The summed E-state index contributed by atoms with van der Waals surface area (Å²) in [5.74, 6) is 0. The molecular formula is C60H40N2OSi. The van der Waals surface area contributed by atoms with E-state index in [1.807, 2.05) is 48.5 Å². The summed E-state index contributed by atoms with van der Waals surface area (Å²) in [5.41, 5.74) is 6.34. The normalized spacial score (nSPS) is 13.8. The van der Waals surface area contributed by atoms with E-state index >= 15 is 0 Å². The van der Waals surface area contributed by atoms with E-state index in [9.17, 15) is 2.74 Å². The van der Waals surface area contributed by atoms with E-state index in [1.165, 1.54) is 20.7 Å². The van der Waals surface area contributed by atoms with Crippen molar-refractivity contribution in [1.29, 1.82) is 0 Å². The fraction of sp³-hybridized carbons (Fsp3) is 0. The molecule has 0 unspecified atom stereocenters. The van der Waals surface area contributed by atoms with E-state index in [-0.39, 0.29) is 33.9 Å². The number of furan rings is 1. The third-order valence-electron chi connectivity index (χ3n) is 12.9. The Morgan fingerprint density at radius 3 is 1.64 bits per heavy atom. The molecule has 3 aromatic heterocycles. The second-order valence-electron chi connectivity index (χ2n) is 16.2. The van der Waals surface area contributed by atoms with Gasteiger partial charge in [-0.15, -0.1) is 0 Å². The average molecular weight is 841 g/mol. The van der Waals surface area contributed by atoms with E-state index in [0.717, 1.165) is 49.4 Å². The van der Waals surface area contributed by atoms with Gasteiger partial charge in [-0.2, -0.15) is 0 Å². The SMILES string of the molecule is [2H]c1c([2H])c([2H])c2c(c1[2H])c1c([2H])c([2H])c([2H])c([2H])c1n2-c1cc2c3ccccc3n(-c3cccc([Si](c4ccccc4)(c4ccccc4)c4cccc(-c5ccccc5)c4)c3)c2c2c1oc1ccccc12. The molecule has 13 rings (SSSR count). The topological polar surface area (TPSA) is 23.0 Å². The molecule has 10 aromatic carbocycles. The first kappa shape index (κ1) is 29.2. The third-order valence-corrected chi connectivity index (χ3v) is 17.6. The molecule has 0 atom stereocenters. The van der Waals surface area contributed by atoms with Crippen molar-refractivity contribution in [2.45, 2.75) is 0 Å². The summed E-state index contributed by atoms with van der Waals surface area (Å²) in [6.07, 6.45) is 0. The van der Waals surface area contributed by atoms with Crippen LogP contribution in [0.25, 0.3) is 88.1 Å². The van der Waals surface area contributed by atoms with Gasteiger partial charge in [0.15, 0.2) is 13.7 Å². The smallest absolute Gasteiger partial charge is 0.179 e. The minimum Gasteiger partial charge on any atom is -0.454 e. The number of hydrogen-bond acceptors (Lipinski definition) is 1. The van der Waals surface area contributed by atoms with Gasteiger partial charge in [-0.25, -0.2) is 0 Å². The van der Waals surface area contributed by atoms with Crippen molar-refractivity contribution in [3.05, 3.63) is 242 Å². The lowest BCUT2D eigenvalue weighted by Crippen LogP contribution is -2.74. The predicted octanol–water partition coefficient (Wildman–Crippen LogP) is 12.8. The zero-order valence-corrected chi connectivity index (χ0v) is 35.3. The van der Waals surface area contributed by atoms with Gasteiger partial charge in [0.05, 0.1) is 44.1 Å². The molecule has 3 nitrogen and oxygen atoms in total. The van der Waals surface area contributed by atoms with Crippen molar-refractivity contribution in [2.75, 3.05) is 0 Å². The number of hydrogen-bond donors (Lipinski definition) is 0. The molecule has 0 radical (unpaired) electrons. The molecule has 64 heavy (non-hydrogen) atoms. The minimum atomic E-state index is -3.12.